The second kappa shape index (κ2) is 9.96. The summed E-state index contributed by atoms with van der Waals surface area (Å²) in [4.78, 5) is 40.1. The van der Waals surface area contributed by atoms with E-state index in [9.17, 15) is 14.4 Å². The van der Waals surface area contributed by atoms with E-state index < -0.39 is 5.97 Å². The highest BCUT2D eigenvalue weighted by molar-refractivity contribution is 5.91. The Morgan fingerprint density at radius 1 is 0.781 bits per heavy atom. The van der Waals surface area contributed by atoms with Crippen LogP contribution in [0.3, 0.4) is 0 Å². The van der Waals surface area contributed by atoms with Crippen LogP contribution in [0.5, 0.6) is 0 Å². The van der Waals surface area contributed by atoms with Crippen LogP contribution in [-0.4, -0.2) is 60.4 Å². The van der Waals surface area contributed by atoms with Gasteiger partial charge in [-0.25, -0.2) is 0 Å². The molecule has 7 nitrogen and oxygen atoms in total. The number of piperazine rings is 1. The predicted octanol–water partition coefficient (Wildman–Crippen LogP) is 3.02. The fraction of sp³-hybridized carbons (Fsp3) is 0.240. The molecule has 2 amide bonds. The van der Waals surface area contributed by atoms with Crippen molar-refractivity contribution in [3.8, 4) is 11.1 Å². The molecule has 1 aromatic heterocycles. The number of hydrogen-bond acceptors (Lipinski definition) is 5. The Morgan fingerprint density at radius 2 is 1.44 bits per heavy atom. The van der Waals surface area contributed by atoms with Gasteiger partial charge in [-0.3, -0.25) is 14.4 Å². The fourth-order valence-corrected chi connectivity index (χ4v) is 3.61. The number of rotatable bonds is 6. The molecule has 1 aliphatic heterocycles. The fourth-order valence-electron chi connectivity index (χ4n) is 3.61. The first-order valence-electron chi connectivity index (χ1n) is 10.5. The van der Waals surface area contributed by atoms with Crippen molar-refractivity contribution in [3.63, 3.8) is 0 Å². The zero-order chi connectivity index (χ0) is 22.3. The molecule has 2 aromatic carbocycles. The van der Waals surface area contributed by atoms with E-state index in [1.165, 1.54) is 6.26 Å². The number of nitrogens with zero attached hydrogens (tertiary/aromatic N) is 2. The van der Waals surface area contributed by atoms with E-state index in [0.717, 1.165) is 16.7 Å². The molecule has 0 unspecified atom stereocenters. The molecule has 32 heavy (non-hydrogen) atoms. The van der Waals surface area contributed by atoms with Gasteiger partial charge in [0, 0.05) is 26.2 Å². The molecular weight excluding hydrogens is 408 g/mol. The summed E-state index contributed by atoms with van der Waals surface area (Å²) in [6, 6.07) is 21.0. The molecular formula is C25H24N2O5. The zero-order valence-electron chi connectivity index (χ0n) is 17.6. The average molecular weight is 432 g/mol. The van der Waals surface area contributed by atoms with Crippen molar-refractivity contribution in [2.24, 2.45) is 0 Å². The van der Waals surface area contributed by atoms with Crippen LogP contribution in [0.1, 0.15) is 16.1 Å². The van der Waals surface area contributed by atoms with Crippen LogP contribution < -0.4 is 0 Å². The first-order chi connectivity index (χ1) is 15.6. The molecule has 1 fully saturated rings. The first kappa shape index (κ1) is 21.4. The molecule has 4 rings (SSSR count). The SMILES string of the molecule is O=C(Cc1ccc(-c2ccccc2)cc1)OCC(=O)N1CCN(C(=O)c2ccco2)CC1. The van der Waals surface area contributed by atoms with E-state index in [2.05, 4.69) is 0 Å². The molecule has 0 atom stereocenters. The van der Waals surface area contributed by atoms with Gasteiger partial charge in [0.25, 0.3) is 11.8 Å². The lowest BCUT2D eigenvalue weighted by Crippen LogP contribution is -2.51. The largest absolute Gasteiger partial charge is 0.459 e. The summed E-state index contributed by atoms with van der Waals surface area (Å²) in [5.74, 6) is -0.609. The highest BCUT2D eigenvalue weighted by Crippen LogP contribution is 2.19. The minimum atomic E-state index is -0.447. The summed E-state index contributed by atoms with van der Waals surface area (Å²) in [6.45, 7) is 1.31. The Labute approximate surface area is 186 Å². The molecule has 7 heteroatoms. The second-order valence-corrected chi connectivity index (χ2v) is 7.55. The van der Waals surface area contributed by atoms with E-state index in [4.69, 9.17) is 9.15 Å². The van der Waals surface area contributed by atoms with Crippen molar-refractivity contribution < 1.29 is 23.5 Å². The molecule has 0 spiro atoms. The van der Waals surface area contributed by atoms with Crippen LogP contribution in [0.4, 0.5) is 0 Å². The summed E-state index contributed by atoms with van der Waals surface area (Å²) in [7, 11) is 0. The minimum absolute atomic E-state index is 0.105. The van der Waals surface area contributed by atoms with Crippen molar-refractivity contribution in [2.75, 3.05) is 32.8 Å². The molecule has 164 valence electrons. The van der Waals surface area contributed by atoms with Gasteiger partial charge in [-0.05, 0) is 28.8 Å². The summed E-state index contributed by atoms with van der Waals surface area (Å²) in [6.07, 6.45) is 1.56. The topological polar surface area (TPSA) is 80.1 Å². The highest BCUT2D eigenvalue weighted by Gasteiger charge is 2.26. The van der Waals surface area contributed by atoms with Gasteiger partial charge in [0.2, 0.25) is 0 Å². The number of furan rings is 1. The van der Waals surface area contributed by atoms with Gasteiger partial charge >= 0.3 is 5.97 Å². The van der Waals surface area contributed by atoms with E-state index in [-0.39, 0.29) is 30.6 Å². The van der Waals surface area contributed by atoms with Crippen LogP contribution in [0.25, 0.3) is 11.1 Å². The summed E-state index contributed by atoms with van der Waals surface area (Å²) in [5.41, 5.74) is 3.01. The Balaban J connectivity index is 1.20. The van der Waals surface area contributed by atoms with Crippen LogP contribution in [-0.2, 0) is 20.7 Å². The Hall–Kier alpha value is -3.87. The predicted molar refractivity (Wildman–Crippen MR) is 118 cm³/mol. The monoisotopic (exact) mass is 432 g/mol. The standard InChI is InChI=1S/C25H24N2O5/c28-23(26-12-14-27(15-13-26)25(30)22-7-4-16-31-22)18-32-24(29)17-19-8-10-21(11-9-19)20-5-2-1-3-6-20/h1-11,16H,12-15,17-18H2. The third-order valence-electron chi connectivity index (χ3n) is 5.42. The summed E-state index contributed by atoms with van der Waals surface area (Å²) < 4.78 is 10.3. The van der Waals surface area contributed by atoms with Crippen LogP contribution in [0, 0.1) is 0 Å². The van der Waals surface area contributed by atoms with Gasteiger partial charge in [0.15, 0.2) is 12.4 Å². The van der Waals surface area contributed by atoms with E-state index in [0.29, 0.717) is 26.2 Å². The smallest absolute Gasteiger partial charge is 0.310 e. The van der Waals surface area contributed by atoms with Crippen molar-refractivity contribution >= 4 is 17.8 Å². The molecule has 0 aliphatic carbocycles. The number of carbonyl (C=O) groups is 3. The maximum atomic E-state index is 12.4. The molecule has 0 bridgehead atoms. The lowest BCUT2D eigenvalue weighted by atomic mass is 10.0. The van der Waals surface area contributed by atoms with E-state index in [1.807, 2.05) is 54.6 Å². The maximum absolute atomic E-state index is 12.4. The van der Waals surface area contributed by atoms with Crippen molar-refractivity contribution in [2.45, 2.75) is 6.42 Å². The number of hydrogen-bond donors (Lipinski definition) is 0. The van der Waals surface area contributed by atoms with Gasteiger partial charge < -0.3 is 19.0 Å². The number of esters is 1. The Morgan fingerprint density at radius 3 is 2.09 bits per heavy atom. The number of amides is 2. The Bertz CT molecular complexity index is 1050. The summed E-state index contributed by atoms with van der Waals surface area (Å²) >= 11 is 0. The molecule has 1 aliphatic rings. The molecule has 3 aromatic rings. The maximum Gasteiger partial charge on any atom is 0.310 e. The normalized spacial score (nSPS) is 13.6. The van der Waals surface area contributed by atoms with Crippen molar-refractivity contribution in [1.82, 2.24) is 9.80 Å². The third-order valence-corrected chi connectivity index (χ3v) is 5.42. The lowest BCUT2D eigenvalue weighted by molar-refractivity contribution is -0.152. The van der Waals surface area contributed by atoms with Crippen molar-refractivity contribution in [3.05, 3.63) is 84.3 Å². The lowest BCUT2D eigenvalue weighted by Gasteiger charge is -2.34. The van der Waals surface area contributed by atoms with Gasteiger partial charge in [0.05, 0.1) is 12.7 Å². The molecule has 0 radical (unpaired) electrons. The molecule has 0 saturated carbocycles. The first-order valence-corrected chi connectivity index (χ1v) is 10.5. The Kier molecular flexibility index (Phi) is 6.65. The van der Waals surface area contributed by atoms with Crippen LogP contribution in [0.2, 0.25) is 0 Å². The van der Waals surface area contributed by atoms with Crippen molar-refractivity contribution in [1.29, 1.82) is 0 Å². The minimum Gasteiger partial charge on any atom is -0.459 e. The van der Waals surface area contributed by atoms with Gasteiger partial charge in [-0.1, -0.05) is 54.6 Å². The van der Waals surface area contributed by atoms with Crippen LogP contribution >= 0.6 is 0 Å². The average Bonchev–Trinajstić information content (AvgIpc) is 3.38. The molecule has 0 N–H and O–H groups in total. The number of benzene rings is 2. The summed E-state index contributed by atoms with van der Waals surface area (Å²) in [5, 5.41) is 0. The molecule has 2 heterocycles. The zero-order valence-corrected chi connectivity index (χ0v) is 17.6. The van der Waals surface area contributed by atoms with Gasteiger partial charge in [-0.2, -0.15) is 0 Å². The quantitative estimate of drug-likeness (QED) is 0.560. The van der Waals surface area contributed by atoms with Gasteiger partial charge in [0.1, 0.15) is 0 Å². The van der Waals surface area contributed by atoms with E-state index >= 15 is 0 Å². The highest BCUT2D eigenvalue weighted by atomic mass is 16.5. The second-order valence-electron chi connectivity index (χ2n) is 7.55. The number of carbonyl (C=O) groups excluding carboxylic acids is 3. The van der Waals surface area contributed by atoms with E-state index in [1.54, 1.807) is 21.9 Å². The molecule has 1 saturated heterocycles. The third kappa shape index (κ3) is 5.24. The van der Waals surface area contributed by atoms with Crippen LogP contribution in [0.15, 0.2) is 77.4 Å². The van der Waals surface area contributed by atoms with Gasteiger partial charge in [-0.15, -0.1) is 0 Å². The number of ether oxygens (including phenoxy) is 1.